The van der Waals surface area contributed by atoms with E-state index in [1.165, 1.54) is 6.42 Å². The molecular formula is C19H37N5O. The van der Waals surface area contributed by atoms with E-state index in [0.29, 0.717) is 18.0 Å². The Morgan fingerprint density at radius 3 is 2.56 bits per heavy atom. The highest BCUT2D eigenvalue weighted by Crippen LogP contribution is 2.26. The lowest BCUT2D eigenvalue weighted by Crippen LogP contribution is -2.47. The molecule has 144 valence electrons. The average Bonchev–Trinajstić information content (AvgIpc) is 2.86. The number of nitrogens with one attached hydrogen (secondary N) is 3. The molecule has 2 unspecified atom stereocenters. The maximum absolute atomic E-state index is 11.8. The van der Waals surface area contributed by atoms with Crippen molar-refractivity contribution in [2.75, 3.05) is 32.7 Å². The number of likely N-dealkylation sites (tertiary alicyclic amines) is 1. The van der Waals surface area contributed by atoms with Crippen molar-refractivity contribution in [1.82, 2.24) is 20.9 Å². The van der Waals surface area contributed by atoms with Crippen LogP contribution in [0.5, 0.6) is 0 Å². The summed E-state index contributed by atoms with van der Waals surface area (Å²) in [5, 5.41) is 9.97. The minimum absolute atomic E-state index is 0.230. The van der Waals surface area contributed by atoms with Crippen molar-refractivity contribution < 1.29 is 4.79 Å². The smallest absolute Gasteiger partial charge is 0.223 e. The first-order valence-corrected chi connectivity index (χ1v) is 10.1. The molecule has 25 heavy (non-hydrogen) atoms. The van der Waals surface area contributed by atoms with Crippen LogP contribution in [0.4, 0.5) is 0 Å². The zero-order valence-corrected chi connectivity index (χ0v) is 16.5. The molecule has 1 aliphatic heterocycles. The Balaban J connectivity index is 1.71. The number of amides is 1. The van der Waals surface area contributed by atoms with Gasteiger partial charge in [0, 0.05) is 50.7 Å². The topological polar surface area (TPSA) is 68.8 Å². The van der Waals surface area contributed by atoms with E-state index < -0.39 is 0 Å². The van der Waals surface area contributed by atoms with Crippen LogP contribution < -0.4 is 16.0 Å². The number of guanidine groups is 1. The molecule has 1 aliphatic carbocycles. The third kappa shape index (κ3) is 6.17. The van der Waals surface area contributed by atoms with Crippen LogP contribution in [-0.2, 0) is 4.79 Å². The highest BCUT2D eigenvalue weighted by atomic mass is 16.1. The highest BCUT2D eigenvalue weighted by molar-refractivity contribution is 5.80. The van der Waals surface area contributed by atoms with Crippen LogP contribution in [0.2, 0.25) is 0 Å². The summed E-state index contributed by atoms with van der Waals surface area (Å²) >= 11 is 0. The maximum atomic E-state index is 11.8. The molecule has 0 bridgehead atoms. The molecule has 0 aromatic rings. The molecule has 0 aromatic carbocycles. The van der Waals surface area contributed by atoms with Gasteiger partial charge in [-0.05, 0) is 46.0 Å². The fourth-order valence-electron chi connectivity index (χ4n) is 3.41. The van der Waals surface area contributed by atoms with Crippen LogP contribution >= 0.6 is 0 Å². The summed E-state index contributed by atoms with van der Waals surface area (Å²) in [6.07, 6.45) is 4.21. The predicted octanol–water partition coefficient (Wildman–Crippen LogP) is 1.58. The molecule has 0 aromatic heterocycles. The van der Waals surface area contributed by atoms with Crippen molar-refractivity contribution in [3.05, 3.63) is 0 Å². The molecule has 2 fully saturated rings. The van der Waals surface area contributed by atoms with Gasteiger partial charge in [-0.2, -0.15) is 0 Å². The van der Waals surface area contributed by atoms with Crippen molar-refractivity contribution in [2.45, 2.75) is 65.5 Å². The summed E-state index contributed by atoms with van der Waals surface area (Å²) in [6, 6.07) is 1.03. The quantitative estimate of drug-likeness (QED) is 0.353. The largest absolute Gasteiger partial charge is 0.357 e. The number of carbonyl (C=O) groups excluding carboxylic acids is 1. The van der Waals surface area contributed by atoms with Gasteiger partial charge in [-0.3, -0.25) is 14.7 Å². The van der Waals surface area contributed by atoms with E-state index in [4.69, 9.17) is 0 Å². The van der Waals surface area contributed by atoms with E-state index in [-0.39, 0.29) is 11.8 Å². The number of hydrogen-bond donors (Lipinski definition) is 3. The molecule has 0 radical (unpaired) electrons. The van der Waals surface area contributed by atoms with Crippen molar-refractivity contribution >= 4 is 11.9 Å². The number of nitrogens with zero attached hydrogens (tertiary/aromatic N) is 2. The van der Waals surface area contributed by atoms with E-state index in [0.717, 1.165) is 57.9 Å². The molecule has 2 rings (SSSR count). The molecule has 1 amide bonds. The van der Waals surface area contributed by atoms with Crippen molar-refractivity contribution in [3.8, 4) is 0 Å². The molecule has 1 saturated heterocycles. The van der Waals surface area contributed by atoms with E-state index in [9.17, 15) is 4.79 Å². The molecule has 2 aliphatic rings. The molecule has 1 heterocycles. The average molecular weight is 352 g/mol. The van der Waals surface area contributed by atoms with Gasteiger partial charge in [-0.25, -0.2) is 0 Å². The second-order valence-electron chi connectivity index (χ2n) is 7.81. The standard InChI is InChI=1S/C19H37N5O/c1-5-20-19(23-17-13-24(14(2)3)12-15(17)4)22-11-7-10-21-18(25)16-8-6-9-16/h14-17H,5-13H2,1-4H3,(H,21,25)(H2,20,22,23). The van der Waals surface area contributed by atoms with Crippen LogP contribution in [0.15, 0.2) is 4.99 Å². The van der Waals surface area contributed by atoms with Gasteiger partial charge in [0.1, 0.15) is 0 Å². The van der Waals surface area contributed by atoms with Crippen molar-refractivity contribution in [3.63, 3.8) is 0 Å². The molecule has 6 heteroatoms. The predicted molar refractivity (Wildman–Crippen MR) is 104 cm³/mol. The zero-order valence-electron chi connectivity index (χ0n) is 16.5. The monoisotopic (exact) mass is 351 g/mol. The maximum Gasteiger partial charge on any atom is 0.223 e. The summed E-state index contributed by atoms with van der Waals surface area (Å²) in [5.74, 6) is 2.02. The lowest BCUT2D eigenvalue weighted by molar-refractivity contribution is -0.127. The third-order valence-electron chi connectivity index (χ3n) is 5.42. The second-order valence-corrected chi connectivity index (χ2v) is 7.81. The van der Waals surface area contributed by atoms with Crippen LogP contribution in [0.3, 0.4) is 0 Å². The number of rotatable bonds is 8. The van der Waals surface area contributed by atoms with Gasteiger partial charge >= 0.3 is 0 Å². The molecule has 6 nitrogen and oxygen atoms in total. The molecule has 1 saturated carbocycles. The Morgan fingerprint density at radius 1 is 1.24 bits per heavy atom. The fourth-order valence-corrected chi connectivity index (χ4v) is 3.41. The van der Waals surface area contributed by atoms with E-state index >= 15 is 0 Å². The van der Waals surface area contributed by atoms with Gasteiger partial charge in [0.2, 0.25) is 5.91 Å². The highest BCUT2D eigenvalue weighted by Gasteiger charge is 2.31. The number of carbonyl (C=O) groups is 1. The Morgan fingerprint density at radius 2 is 2.00 bits per heavy atom. The van der Waals surface area contributed by atoms with Gasteiger partial charge in [0.05, 0.1) is 0 Å². The number of hydrogen-bond acceptors (Lipinski definition) is 3. The first-order chi connectivity index (χ1) is 12.0. The molecule has 3 N–H and O–H groups in total. The van der Waals surface area contributed by atoms with Crippen LogP contribution in [0.1, 0.15) is 53.4 Å². The van der Waals surface area contributed by atoms with E-state index in [1.54, 1.807) is 0 Å². The van der Waals surface area contributed by atoms with Gasteiger partial charge in [0.15, 0.2) is 5.96 Å². The van der Waals surface area contributed by atoms with Gasteiger partial charge in [-0.1, -0.05) is 13.3 Å². The lowest BCUT2D eigenvalue weighted by atomic mass is 9.85. The Bertz CT molecular complexity index is 447. The number of aliphatic imine (C=N–C) groups is 1. The van der Waals surface area contributed by atoms with Crippen LogP contribution in [0.25, 0.3) is 0 Å². The van der Waals surface area contributed by atoms with Crippen LogP contribution in [-0.4, -0.2) is 61.6 Å². The summed E-state index contributed by atoms with van der Waals surface area (Å²) in [4.78, 5) is 19.0. The first-order valence-electron chi connectivity index (χ1n) is 10.1. The van der Waals surface area contributed by atoms with Gasteiger partial charge < -0.3 is 16.0 Å². The van der Waals surface area contributed by atoms with E-state index in [1.807, 2.05) is 0 Å². The molecule has 0 spiro atoms. The normalized spacial score (nSPS) is 25.1. The zero-order chi connectivity index (χ0) is 18.2. The van der Waals surface area contributed by atoms with Crippen molar-refractivity contribution in [2.24, 2.45) is 16.8 Å². The third-order valence-corrected chi connectivity index (χ3v) is 5.42. The first kappa shape index (κ1) is 20.0. The molecular weight excluding hydrogens is 314 g/mol. The summed E-state index contributed by atoms with van der Waals surface area (Å²) in [5.41, 5.74) is 0. The summed E-state index contributed by atoms with van der Waals surface area (Å²) < 4.78 is 0. The van der Waals surface area contributed by atoms with Crippen LogP contribution in [0, 0.1) is 11.8 Å². The Hall–Kier alpha value is -1.30. The van der Waals surface area contributed by atoms with Gasteiger partial charge in [-0.15, -0.1) is 0 Å². The van der Waals surface area contributed by atoms with Crippen molar-refractivity contribution in [1.29, 1.82) is 0 Å². The Labute approximate surface area is 153 Å². The lowest BCUT2D eigenvalue weighted by Gasteiger charge is -2.24. The fraction of sp³-hybridized carbons (Fsp3) is 0.895. The Kier molecular flexibility index (Phi) is 8.00. The summed E-state index contributed by atoms with van der Waals surface area (Å²) in [6.45, 7) is 13.4. The SMILES string of the molecule is CCNC(=NCCCNC(=O)C1CCC1)NC1CN(C(C)C)CC1C. The summed E-state index contributed by atoms with van der Waals surface area (Å²) in [7, 11) is 0. The minimum Gasteiger partial charge on any atom is -0.357 e. The van der Waals surface area contributed by atoms with Gasteiger partial charge in [0.25, 0.3) is 0 Å². The molecule has 2 atom stereocenters. The minimum atomic E-state index is 0.230. The second kappa shape index (κ2) is 10.00. The van der Waals surface area contributed by atoms with E-state index in [2.05, 4.69) is 53.5 Å².